The fourth-order valence-corrected chi connectivity index (χ4v) is 4.34. The van der Waals surface area contributed by atoms with Crippen molar-refractivity contribution in [3.63, 3.8) is 0 Å². The summed E-state index contributed by atoms with van der Waals surface area (Å²) in [4.78, 5) is 38.5. The molecule has 2 aromatic heterocycles. The molecule has 31 heavy (non-hydrogen) atoms. The maximum Gasteiger partial charge on any atom is 0.373 e. The topological polar surface area (TPSA) is 81.8 Å². The van der Waals surface area contributed by atoms with E-state index < -0.39 is 5.97 Å². The number of nitrogens with zero attached hydrogens (tertiary/aromatic N) is 2. The van der Waals surface area contributed by atoms with Crippen LogP contribution >= 0.6 is 11.8 Å². The molecule has 1 aromatic carbocycles. The Bertz CT molecular complexity index is 1210. The molecule has 0 unspecified atom stereocenters. The van der Waals surface area contributed by atoms with Crippen LogP contribution in [0.15, 0.2) is 51.9 Å². The van der Waals surface area contributed by atoms with Gasteiger partial charge in [0.15, 0.2) is 0 Å². The molecule has 1 fully saturated rings. The number of carbonyl (C=O) groups excluding carboxylic acids is 3. The number of ether oxygens (including phenoxy) is 1. The van der Waals surface area contributed by atoms with Gasteiger partial charge < -0.3 is 13.7 Å². The highest BCUT2D eigenvalue weighted by Gasteiger charge is 2.36. The average Bonchev–Trinajstić information content (AvgIpc) is 3.46. The summed E-state index contributed by atoms with van der Waals surface area (Å²) in [6, 6.07) is 11.3. The van der Waals surface area contributed by atoms with Crippen LogP contribution in [-0.4, -0.2) is 33.7 Å². The quantitative estimate of drug-likeness (QED) is 0.387. The molecule has 1 aliphatic heterocycles. The highest BCUT2D eigenvalue weighted by atomic mass is 32.2. The summed E-state index contributed by atoms with van der Waals surface area (Å²) in [6.45, 7) is 4.23. The molecule has 0 aliphatic carbocycles. The van der Waals surface area contributed by atoms with Gasteiger partial charge in [0.1, 0.15) is 5.76 Å². The van der Waals surface area contributed by atoms with E-state index in [1.807, 2.05) is 24.4 Å². The highest BCUT2D eigenvalue weighted by molar-refractivity contribution is 8.18. The first-order chi connectivity index (χ1) is 14.9. The summed E-state index contributed by atoms with van der Waals surface area (Å²) in [6.07, 6.45) is 4.78. The molecule has 3 heterocycles. The molecule has 0 bridgehead atoms. The number of benzene rings is 1. The molecular formula is C23H22N2O5S. The van der Waals surface area contributed by atoms with Crippen molar-refractivity contribution in [2.75, 3.05) is 7.11 Å². The Morgan fingerprint density at radius 1 is 1.23 bits per heavy atom. The minimum Gasteiger partial charge on any atom is -0.463 e. The van der Waals surface area contributed by atoms with Crippen LogP contribution in [0.5, 0.6) is 0 Å². The second kappa shape index (κ2) is 8.47. The van der Waals surface area contributed by atoms with Crippen molar-refractivity contribution in [2.45, 2.75) is 32.9 Å². The first kappa shape index (κ1) is 21.0. The lowest BCUT2D eigenvalue weighted by atomic mass is 10.1. The van der Waals surface area contributed by atoms with Crippen LogP contribution in [0.3, 0.4) is 0 Å². The van der Waals surface area contributed by atoms with Crippen molar-refractivity contribution in [2.24, 2.45) is 0 Å². The summed E-state index contributed by atoms with van der Waals surface area (Å²) >= 11 is 0.901. The number of amides is 2. The molecule has 3 aromatic rings. The molecule has 1 atom stereocenters. The Balaban J connectivity index is 1.62. The smallest absolute Gasteiger partial charge is 0.373 e. The monoisotopic (exact) mass is 438 g/mol. The van der Waals surface area contributed by atoms with E-state index in [4.69, 9.17) is 4.42 Å². The second-order valence-electron chi connectivity index (χ2n) is 7.29. The van der Waals surface area contributed by atoms with Crippen molar-refractivity contribution < 1.29 is 23.5 Å². The standard InChI is InChI=1S/C23H22N2O5S/c1-4-14(2)24-12-15(17-7-5-6-8-18(17)24)11-20-21(26)25(23(28)31-20)13-16-9-10-19(30-16)22(27)29-3/h5-12,14H,4,13H2,1-3H3/b20-11+/t14-/m1/s1. The van der Waals surface area contributed by atoms with E-state index in [0.29, 0.717) is 16.7 Å². The molecule has 0 saturated carbocycles. The number of rotatable bonds is 6. The maximum absolute atomic E-state index is 12.9. The summed E-state index contributed by atoms with van der Waals surface area (Å²) in [7, 11) is 1.25. The molecule has 7 nitrogen and oxygen atoms in total. The third-order valence-electron chi connectivity index (χ3n) is 5.36. The summed E-state index contributed by atoms with van der Waals surface area (Å²) < 4.78 is 12.2. The number of fused-ring (bicyclic) bond motifs is 1. The number of methoxy groups -OCH3 is 1. The van der Waals surface area contributed by atoms with Crippen LogP contribution in [0.25, 0.3) is 17.0 Å². The van der Waals surface area contributed by atoms with E-state index in [9.17, 15) is 14.4 Å². The molecule has 1 saturated heterocycles. The van der Waals surface area contributed by atoms with Gasteiger partial charge in [-0.15, -0.1) is 0 Å². The molecule has 0 radical (unpaired) electrons. The summed E-state index contributed by atoms with van der Waals surface area (Å²) in [5.74, 6) is -0.639. The van der Waals surface area contributed by atoms with Crippen molar-refractivity contribution in [3.8, 4) is 0 Å². The number of hydrogen-bond acceptors (Lipinski definition) is 6. The van der Waals surface area contributed by atoms with Crippen LogP contribution in [-0.2, 0) is 16.1 Å². The normalized spacial score (nSPS) is 16.5. The lowest BCUT2D eigenvalue weighted by Crippen LogP contribution is -2.27. The van der Waals surface area contributed by atoms with Gasteiger partial charge in [-0.2, -0.15) is 0 Å². The number of hydrogen-bond donors (Lipinski definition) is 0. The Kier molecular flexibility index (Phi) is 5.73. The Labute approximate surface area is 183 Å². The van der Waals surface area contributed by atoms with E-state index in [-0.39, 0.29) is 23.5 Å². The largest absolute Gasteiger partial charge is 0.463 e. The molecule has 0 spiro atoms. The molecule has 2 amide bonds. The molecule has 160 valence electrons. The number of para-hydroxylation sites is 1. The second-order valence-corrected chi connectivity index (χ2v) is 8.28. The molecule has 0 N–H and O–H groups in total. The van der Waals surface area contributed by atoms with E-state index >= 15 is 0 Å². The van der Waals surface area contributed by atoms with Gasteiger partial charge in [-0.3, -0.25) is 14.5 Å². The minimum atomic E-state index is -0.613. The number of imide groups is 1. The minimum absolute atomic E-state index is 0.0258. The number of esters is 1. The van der Waals surface area contributed by atoms with Crippen molar-refractivity contribution in [1.29, 1.82) is 0 Å². The molecule has 1 aliphatic rings. The predicted molar refractivity (Wildman–Crippen MR) is 119 cm³/mol. The fourth-order valence-electron chi connectivity index (χ4n) is 3.51. The Morgan fingerprint density at radius 2 is 2.00 bits per heavy atom. The number of carbonyl (C=O) groups is 3. The molecule has 4 rings (SSSR count). The molecule has 8 heteroatoms. The van der Waals surface area contributed by atoms with Gasteiger partial charge in [-0.1, -0.05) is 25.1 Å². The van der Waals surface area contributed by atoms with Crippen LogP contribution in [0.1, 0.15) is 48.2 Å². The Morgan fingerprint density at radius 3 is 2.74 bits per heavy atom. The van der Waals surface area contributed by atoms with E-state index in [2.05, 4.69) is 29.2 Å². The van der Waals surface area contributed by atoms with Gasteiger partial charge in [0, 0.05) is 28.7 Å². The highest BCUT2D eigenvalue weighted by Crippen LogP contribution is 2.35. The molecular weight excluding hydrogens is 416 g/mol. The first-order valence-corrected chi connectivity index (χ1v) is 10.8. The summed E-state index contributed by atoms with van der Waals surface area (Å²) in [5.41, 5.74) is 1.99. The number of aromatic nitrogens is 1. The number of thioether (sulfide) groups is 1. The summed E-state index contributed by atoms with van der Waals surface area (Å²) in [5, 5.41) is 0.654. The van der Waals surface area contributed by atoms with Crippen LogP contribution < -0.4 is 0 Å². The van der Waals surface area contributed by atoms with Crippen molar-refractivity contribution in [1.82, 2.24) is 9.47 Å². The average molecular weight is 439 g/mol. The first-order valence-electron chi connectivity index (χ1n) is 9.95. The SMILES string of the molecule is CC[C@@H](C)n1cc(/C=C2/SC(=O)N(Cc3ccc(C(=O)OC)o3)C2=O)c2ccccc21. The number of furan rings is 1. The van der Waals surface area contributed by atoms with E-state index in [0.717, 1.165) is 39.5 Å². The Hall–Kier alpha value is -3.26. The van der Waals surface area contributed by atoms with Crippen LogP contribution in [0.2, 0.25) is 0 Å². The van der Waals surface area contributed by atoms with Crippen LogP contribution in [0.4, 0.5) is 4.79 Å². The zero-order valence-corrected chi connectivity index (χ0v) is 18.3. The zero-order chi connectivity index (χ0) is 22.1. The van der Waals surface area contributed by atoms with E-state index in [1.54, 1.807) is 12.1 Å². The maximum atomic E-state index is 12.9. The van der Waals surface area contributed by atoms with Gasteiger partial charge in [-0.05, 0) is 49.4 Å². The zero-order valence-electron chi connectivity index (χ0n) is 17.5. The third kappa shape index (κ3) is 3.90. The van der Waals surface area contributed by atoms with Gasteiger partial charge >= 0.3 is 5.97 Å². The fraction of sp³-hybridized carbons (Fsp3) is 0.261. The van der Waals surface area contributed by atoms with Gasteiger partial charge in [0.05, 0.1) is 18.6 Å². The lowest BCUT2D eigenvalue weighted by molar-refractivity contribution is -0.123. The van der Waals surface area contributed by atoms with Gasteiger partial charge in [-0.25, -0.2) is 4.79 Å². The van der Waals surface area contributed by atoms with Crippen LogP contribution in [0, 0.1) is 0 Å². The van der Waals surface area contributed by atoms with Crippen molar-refractivity contribution >= 4 is 45.9 Å². The predicted octanol–water partition coefficient (Wildman–Crippen LogP) is 5.23. The van der Waals surface area contributed by atoms with Gasteiger partial charge in [0.25, 0.3) is 11.1 Å². The third-order valence-corrected chi connectivity index (χ3v) is 6.27. The van der Waals surface area contributed by atoms with E-state index in [1.165, 1.54) is 13.2 Å². The van der Waals surface area contributed by atoms with Crippen molar-refractivity contribution in [3.05, 3.63) is 64.6 Å². The van der Waals surface area contributed by atoms with Gasteiger partial charge in [0.2, 0.25) is 5.76 Å². The lowest BCUT2D eigenvalue weighted by Gasteiger charge is -2.12.